The molecule has 1 amide bonds. The molecule has 0 bridgehead atoms. The lowest BCUT2D eigenvalue weighted by Crippen LogP contribution is -2.29. The zero-order valence-corrected chi connectivity index (χ0v) is 18.0. The quantitative estimate of drug-likeness (QED) is 0.451. The number of nitrogens with one attached hydrogen (secondary N) is 3. The van der Waals surface area contributed by atoms with Gasteiger partial charge in [0.05, 0.1) is 19.8 Å². The van der Waals surface area contributed by atoms with Crippen LogP contribution in [0.1, 0.15) is 21.7 Å². The molecular formula is C22H26N6O3. The fourth-order valence-electron chi connectivity index (χ4n) is 2.99. The predicted octanol–water partition coefficient (Wildman–Crippen LogP) is 3.09. The molecule has 0 radical (unpaired) electrons. The zero-order chi connectivity index (χ0) is 22.2. The first-order valence-corrected chi connectivity index (χ1v) is 9.78. The van der Waals surface area contributed by atoms with Crippen molar-refractivity contribution in [1.29, 1.82) is 0 Å². The summed E-state index contributed by atoms with van der Waals surface area (Å²) >= 11 is 0. The Morgan fingerprint density at radius 3 is 2.52 bits per heavy atom. The summed E-state index contributed by atoms with van der Waals surface area (Å²) in [6, 6.07) is 10.8. The molecule has 2 heterocycles. The highest BCUT2D eigenvalue weighted by molar-refractivity contribution is 5.97. The molecule has 9 nitrogen and oxygen atoms in total. The number of nitrogens with zero attached hydrogens (tertiary/aromatic N) is 3. The van der Waals surface area contributed by atoms with E-state index in [-0.39, 0.29) is 5.91 Å². The van der Waals surface area contributed by atoms with Crippen LogP contribution in [-0.2, 0) is 0 Å². The smallest absolute Gasteiger partial charge is 0.255 e. The van der Waals surface area contributed by atoms with Crippen LogP contribution in [0.4, 0.5) is 17.5 Å². The van der Waals surface area contributed by atoms with Gasteiger partial charge < -0.3 is 25.4 Å². The number of rotatable bonds is 9. The Bertz CT molecular complexity index is 1060. The van der Waals surface area contributed by atoms with Gasteiger partial charge in [-0.15, -0.1) is 0 Å². The van der Waals surface area contributed by atoms with Crippen LogP contribution in [0.2, 0.25) is 0 Å². The van der Waals surface area contributed by atoms with E-state index in [1.54, 1.807) is 30.5 Å². The molecule has 0 saturated heterocycles. The third-order valence-electron chi connectivity index (χ3n) is 4.37. The zero-order valence-electron chi connectivity index (χ0n) is 18.0. The van der Waals surface area contributed by atoms with Crippen LogP contribution in [-0.4, -0.2) is 48.2 Å². The highest BCUT2D eigenvalue weighted by Gasteiger charge is 2.15. The number of carbonyl (C=O) groups is 1. The van der Waals surface area contributed by atoms with Gasteiger partial charge in [0, 0.05) is 25.4 Å². The van der Waals surface area contributed by atoms with Crippen molar-refractivity contribution in [3.05, 3.63) is 59.5 Å². The van der Waals surface area contributed by atoms with Crippen molar-refractivity contribution in [2.45, 2.75) is 13.8 Å². The van der Waals surface area contributed by atoms with Crippen molar-refractivity contribution in [3.8, 4) is 11.5 Å². The topological polar surface area (TPSA) is 110 Å². The largest absolute Gasteiger partial charge is 0.493 e. The summed E-state index contributed by atoms with van der Waals surface area (Å²) < 4.78 is 10.6. The minimum atomic E-state index is -0.246. The Morgan fingerprint density at radius 2 is 1.77 bits per heavy atom. The number of aromatic nitrogens is 3. The van der Waals surface area contributed by atoms with Crippen molar-refractivity contribution in [3.63, 3.8) is 0 Å². The van der Waals surface area contributed by atoms with Crippen molar-refractivity contribution in [1.82, 2.24) is 20.3 Å². The first-order valence-electron chi connectivity index (χ1n) is 9.78. The van der Waals surface area contributed by atoms with E-state index in [4.69, 9.17) is 9.47 Å². The van der Waals surface area contributed by atoms with Gasteiger partial charge >= 0.3 is 0 Å². The molecule has 0 aliphatic rings. The summed E-state index contributed by atoms with van der Waals surface area (Å²) in [5, 5.41) is 9.25. The molecule has 0 fully saturated rings. The lowest BCUT2D eigenvalue weighted by molar-refractivity contribution is 0.0951. The molecule has 1 aromatic carbocycles. The maximum atomic E-state index is 12.5. The lowest BCUT2D eigenvalue weighted by Gasteiger charge is -2.13. The number of aryl methyl sites for hydroxylation is 2. The highest BCUT2D eigenvalue weighted by Crippen LogP contribution is 2.30. The molecule has 3 aromatic rings. The van der Waals surface area contributed by atoms with Gasteiger partial charge in [-0.2, -0.15) is 0 Å². The van der Waals surface area contributed by atoms with Crippen LogP contribution in [0.3, 0.4) is 0 Å². The second kappa shape index (κ2) is 10.2. The third-order valence-corrected chi connectivity index (χ3v) is 4.37. The van der Waals surface area contributed by atoms with Gasteiger partial charge in [0.25, 0.3) is 5.91 Å². The fraction of sp³-hybridized carbons (Fsp3) is 0.273. The maximum Gasteiger partial charge on any atom is 0.255 e. The molecule has 3 rings (SSSR count). The molecule has 9 heteroatoms. The Labute approximate surface area is 181 Å². The highest BCUT2D eigenvalue weighted by atomic mass is 16.5. The summed E-state index contributed by atoms with van der Waals surface area (Å²) in [4.78, 5) is 25.6. The molecule has 2 aromatic heterocycles. The van der Waals surface area contributed by atoms with Gasteiger partial charge in [-0.1, -0.05) is 6.07 Å². The lowest BCUT2D eigenvalue weighted by atomic mass is 10.1. The number of pyridine rings is 1. The van der Waals surface area contributed by atoms with E-state index in [9.17, 15) is 4.79 Å². The van der Waals surface area contributed by atoms with Gasteiger partial charge in [0.15, 0.2) is 11.5 Å². The second-order valence-corrected chi connectivity index (χ2v) is 6.75. The molecule has 162 valence electrons. The first-order chi connectivity index (χ1) is 15.0. The number of amides is 1. The molecule has 3 N–H and O–H groups in total. The maximum absolute atomic E-state index is 12.5. The van der Waals surface area contributed by atoms with E-state index in [0.29, 0.717) is 53.4 Å². The van der Waals surface area contributed by atoms with Crippen molar-refractivity contribution < 1.29 is 14.3 Å². The third kappa shape index (κ3) is 5.81. The van der Waals surface area contributed by atoms with Crippen LogP contribution >= 0.6 is 0 Å². The van der Waals surface area contributed by atoms with Crippen LogP contribution in [0.25, 0.3) is 0 Å². The molecule has 0 saturated carbocycles. The molecular weight excluding hydrogens is 396 g/mol. The minimum absolute atomic E-state index is 0.246. The Balaban J connectivity index is 1.57. The number of para-hydroxylation sites is 1. The normalized spacial score (nSPS) is 10.3. The number of anilines is 3. The summed E-state index contributed by atoms with van der Waals surface area (Å²) in [6.45, 7) is 4.69. The van der Waals surface area contributed by atoms with Crippen LogP contribution in [0.15, 0.2) is 42.6 Å². The van der Waals surface area contributed by atoms with E-state index < -0.39 is 0 Å². The van der Waals surface area contributed by atoms with Crippen molar-refractivity contribution in [2.75, 3.05) is 37.9 Å². The van der Waals surface area contributed by atoms with Crippen LogP contribution in [0, 0.1) is 13.8 Å². The minimum Gasteiger partial charge on any atom is -0.493 e. The standard InChI is InChI=1S/C22H26N6O3/c1-14-8-9-23-18(12-14)28-20-13-19(26-15(2)27-20)24-10-11-25-22(29)16-6-5-7-17(30-3)21(16)31-4/h5-9,12-13H,10-11H2,1-4H3,(H,25,29)(H2,23,24,26,27,28). The molecule has 0 atom stereocenters. The Morgan fingerprint density at radius 1 is 0.968 bits per heavy atom. The molecule has 0 unspecified atom stereocenters. The van der Waals surface area contributed by atoms with Gasteiger partial charge in [-0.3, -0.25) is 4.79 Å². The van der Waals surface area contributed by atoms with Crippen molar-refractivity contribution in [2.24, 2.45) is 0 Å². The number of methoxy groups -OCH3 is 2. The predicted molar refractivity (Wildman–Crippen MR) is 119 cm³/mol. The van der Waals surface area contributed by atoms with Crippen LogP contribution < -0.4 is 25.4 Å². The SMILES string of the molecule is COc1cccc(C(=O)NCCNc2cc(Nc3cc(C)ccn3)nc(C)n2)c1OC. The van der Waals surface area contributed by atoms with Gasteiger partial charge in [-0.25, -0.2) is 15.0 Å². The molecule has 0 spiro atoms. The van der Waals surface area contributed by atoms with E-state index >= 15 is 0 Å². The monoisotopic (exact) mass is 422 g/mol. The number of benzene rings is 1. The number of ether oxygens (including phenoxy) is 2. The van der Waals surface area contributed by atoms with E-state index in [2.05, 4.69) is 30.9 Å². The number of carbonyl (C=O) groups excluding carboxylic acids is 1. The average Bonchev–Trinajstić information content (AvgIpc) is 2.75. The number of hydrogen-bond donors (Lipinski definition) is 3. The van der Waals surface area contributed by atoms with Crippen LogP contribution in [0.5, 0.6) is 11.5 Å². The van der Waals surface area contributed by atoms with Gasteiger partial charge in [0.1, 0.15) is 23.3 Å². The van der Waals surface area contributed by atoms with E-state index in [0.717, 1.165) is 5.56 Å². The summed E-state index contributed by atoms with van der Waals surface area (Å²) in [6.07, 6.45) is 1.74. The molecule has 31 heavy (non-hydrogen) atoms. The summed E-state index contributed by atoms with van der Waals surface area (Å²) in [7, 11) is 3.04. The average molecular weight is 422 g/mol. The number of hydrogen-bond acceptors (Lipinski definition) is 8. The molecule has 0 aliphatic carbocycles. The van der Waals surface area contributed by atoms with Crippen molar-refractivity contribution >= 4 is 23.4 Å². The molecule has 0 aliphatic heterocycles. The van der Waals surface area contributed by atoms with Gasteiger partial charge in [-0.05, 0) is 43.7 Å². The Hall–Kier alpha value is -3.88. The van der Waals surface area contributed by atoms with Gasteiger partial charge in [0.2, 0.25) is 0 Å². The summed E-state index contributed by atoms with van der Waals surface area (Å²) in [5.41, 5.74) is 1.52. The Kier molecular flexibility index (Phi) is 7.21. The van der Waals surface area contributed by atoms with E-state index in [1.807, 2.05) is 26.0 Å². The fourth-order valence-corrected chi connectivity index (χ4v) is 2.99. The van der Waals surface area contributed by atoms with E-state index in [1.165, 1.54) is 14.2 Å². The first kappa shape index (κ1) is 21.8. The summed E-state index contributed by atoms with van der Waals surface area (Å²) in [5.74, 6) is 3.28. The second-order valence-electron chi connectivity index (χ2n) is 6.75.